The predicted octanol–water partition coefficient (Wildman–Crippen LogP) is 11.6. The number of unbranched alkanes of at least 4 members (excludes halogenated alkanes) is 18. The van der Waals surface area contributed by atoms with Crippen LogP contribution in [0, 0.1) is 0 Å². The minimum absolute atomic E-state index is 0.0943. The first kappa shape index (κ1) is 46.8. The summed E-state index contributed by atoms with van der Waals surface area (Å²) < 4.78 is 10.6. The van der Waals surface area contributed by atoms with Crippen molar-refractivity contribution in [1.29, 1.82) is 0 Å². The molecule has 6 nitrogen and oxygen atoms in total. The lowest BCUT2D eigenvalue weighted by atomic mass is 10.0. The van der Waals surface area contributed by atoms with Crippen LogP contribution in [-0.4, -0.2) is 47.6 Å². The molecule has 0 rings (SSSR count). The van der Waals surface area contributed by atoms with E-state index in [1.807, 2.05) is 6.92 Å². The molecule has 49 heavy (non-hydrogen) atoms. The molecule has 0 heterocycles. The van der Waals surface area contributed by atoms with E-state index in [2.05, 4.69) is 55.5 Å². The number of ether oxygens (including phenoxy) is 2. The molecule has 0 saturated heterocycles. The van der Waals surface area contributed by atoms with Crippen molar-refractivity contribution in [3.63, 3.8) is 0 Å². The summed E-state index contributed by atoms with van der Waals surface area (Å²) in [5, 5.41) is 18.8. The summed E-state index contributed by atoms with van der Waals surface area (Å²) in [5.74, 6) is -0.670. The fourth-order valence-electron chi connectivity index (χ4n) is 5.57. The van der Waals surface area contributed by atoms with Gasteiger partial charge in [-0.2, -0.15) is 0 Å². The number of aliphatic hydroxyl groups excluding tert-OH is 2. The highest BCUT2D eigenvalue weighted by atomic mass is 16.6. The van der Waals surface area contributed by atoms with E-state index >= 15 is 0 Å². The number of carbonyl (C=O) groups excluding carboxylic acids is 2. The molecule has 0 unspecified atom stereocenters. The molecule has 0 radical (unpaired) electrons. The third-order valence-corrected chi connectivity index (χ3v) is 8.64. The Hall–Kier alpha value is -2.18. The monoisotopic (exact) mass is 689 g/mol. The number of rotatable bonds is 36. The minimum atomic E-state index is -0.807. The number of carbonyl (C=O) groups is 2. The van der Waals surface area contributed by atoms with Gasteiger partial charge in [0, 0.05) is 12.8 Å². The average Bonchev–Trinajstić information content (AvgIpc) is 3.09. The van der Waals surface area contributed by atoms with Gasteiger partial charge < -0.3 is 19.7 Å². The van der Waals surface area contributed by atoms with E-state index in [9.17, 15) is 19.8 Å². The van der Waals surface area contributed by atoms with Gasteiger partial charge in [0.25, 0.3) is 0 Å². The van der Waals surface area contributed by atoms with E-state index in [1.54, 1.807) is 0 Å². The summed E-state index contributed by atoms with van der Waals surface area (Å²) in [5.41, 5.74) is 0. The molecule has 2 atom stereocenters. The van der Waals surface area contributed by atoms with Crippen LogP contribution in [0.5, 0.6) is 0 Å². The molecule has 2 N–H and O–H groups in total. The van der Waals surface area contributed by atoms with Crippen molar-refractivity contribution in [3.8, 4) is 0 Å². The molecule has 284 valence electrons. The molecule has 0 saturated carbocycles. The maximum atomic E-state index is 12.1. The smallest absolute Gasteiger partial charge is 0.306 e. The second kappa shape index (κ2) is 38.6. The lowest BCUT2D eigenvalue weighted by Gasteiger charge is -2.15. The molecule has 0 aromatic carbocycles. The summed E-state index contributed by atoms with van der Waals surface area (Å²) in [6.07, 6.45) is 45.9. The number of hydrogen-bond donors (Lipinski definition) is 2. The fourth-order valence-corrected chi connectivity index (χ4v) is 5.57. The van der Waals surface area contributed by atoms with E-state index in [0.29, 0.717) is 12.8 Å². The number of esters is 2. The summed E-state index contributed by atoms with van der Waals surface area (Å²) in [6, 6.07) is 0. The van der Waals surface area contributed by atoms with Gasteiger partial charge in [-0.25, -0.2) is 0 Å². The molecule has 6 heteroatoms. The first-order valence-electron chi connectivity index (χ1n) is 20.2. The normalized spacial score (nSPS) is 13.3. The van der Waals surface area contributed by atoms with Crippen molar-refractivity contribution < 1.29 is 29.3 Å². The van der Waals surface area contributed by atoms with Crippen molar-refractivity contribution in [2.75, 3.05) is 13.2 Å². The van der Waals surface area contributed by atoms with Crippen molar-refractivity contribution in [1.82, 2.24) is 0 Å². The highest BCUT2D eigenvalue weighted by molar-refractivity contribution is 5.70. The van der Waals surface area contributed by atoms with Gasteiger partial charge in [-0.3, -0.25) is 9.59 Å². The van der Waals surface area contributed by atoms with E-state index in [-0.39, 0.29) is 37.7 Å². The Kier molecular flexibility index (Phi) is 36.9. The van der Waals surface area contributed by atoms with Crippen LogP contribution in [0.3, 0.4) is 0 Å². The van der Waals surface area contributed by atoms with Crippen LogP contribution in [0.15, 0.2) is 48.6 Å². The lowest BCUT2D eigenvalue weighted by Crippen LogP contribution is -2.28. The standard InChI is InChI=1S/C43H76O6/c1-3-4-5-6-7-8-9-10-11-12-15-18-21-24-27-30-33-36-42(46)48-39-41(38-44)49-43(47)37-34-31-28-25-22-19-16-13-14-17-20-23-26-29-32-35-40(2)45/h14,16-17,19,23,25-26,28,40-41,44-45H,3-13,15,18,20-22,24,27,29-39H2,1-2H3/b17-14-,19-16-,26-23-,28-25-/t40-,41-/m0/s1. The maximum Gasteiger partial charge on any atom is 0.306 e. The molecule has 0 fully saturated rings. The molecule has 0 amide bonds. The highest BCUT2D eigenvalue weighted by Crippen LogP contribution is 2.14. The molecule has 0 aliphatic heterocycles. The third-order valence-electron chi connectivity index (χ3n) is 8.64. The van der Waals surface area contributed by atoms with Gasteiger partial charge in [-0.15, -0.1) is 0 Å². The average molecular weight is 689 g/mol. The van der Waals surface area contributed by atoms with Crippen LogP contribution in [-0.2, 0) is 19.1 Å². The number of hydrogen-bond acceptors (Lipinski definition) is 6. The fraction of sp³-hybridized carbons (Fsp3) is 0.767. The molecular weight excluding hydrogens is 612 g/mol. The Morgan fingerprint density at radius 1 is 0.551 bits per heavy atom. The van der Waals surface area contributed by atoms with Gasteiger partial charge >= 0.3 is 11.9 Å². The van der Waals surface area contributed by atoms with Gasteiger partial charge in [-0.1, -0.05) is 158 Å². The zero-order valence-corrected chi connectivity index (χ0v) is 31.8. The molecule has 0 aromatic heterocycles. The van der Waals surface area contributed by atoms with Gasteiger partial charge in [0.2, 0.25) is 0 Å². The van der Waals surface area contributed by atoms with E-state index in [4.69, 9.17) is 9.47 Å². The van der Waals surface area contributed by atoms with Gasteiger partial charge in [0.15, 0.2) is 6.10 Å². The van der Waals surface area contributed by atoms with Crippen LogP contribution in [0.4, 0.5) is 0 Å². The summed E-state index contributed by atoms with van der Waals surface area (Å²) in [6.45, 7) is 3.65. The minimum Gasteiger partial charge on any atom is -0.462 e. The van der Waals surface area contributed by atoms with Crippen LogP contribution in [0.25, 0.3) is 0 Å². The molecule has 0 bridgehead atoms. The Bertz CT molecular complexity index is 843. The summed E-state index contributed by atoms with van der Waals surface area (Å²) in [4.78, 5) is 24.2. The Labute approximate surface area is 301 Å². The van der Waals surface area contributed by atoms with E-state index < -0.39 is 6.10 Å². The van der Waals surface area contributed by atoms with Crippen LogP contribution < -0.4 is 0 Å². The second-order valence-electron chi connectivity index (χ2n) is 13.6. The summed E-state index contributed by atoms with van der Waals surface area (Å²) in [7, 11) is 0. The van der Waals surface area contributed by atoms with Crippen LogP contribution >= 0.6 is 0 Å². The zero-order valence-electron chi connectivity index (χ0n) is 31.8. The van der Waals surface area contributed by atoms with Crippen LogP contribution in [0.1, 0.15) is 187 Å². The molecule has 0 aliphatic rings. The molecule has 0 spiro atoms. The Morgan fingerprint density at radius 2 is 0.959 bits per heavy atom. The van der Waals surface area contributed by atoms with Gasteiger partial charge in [-0.05, 0) is 64.7 Å². The number of aliphatic hydroxyl groups is 2. The first-order chi connectivity index (χ1) is 24.0. The molecule has 0 aromatic rings. The number of allylic oxidation sites excluding steroid dienone is 8. The predicted molar refractivity (Wildman–Crippen MR) is 206 cm³/mol. The van der Waals surface area contributed by atoms with Crippen molar-refractivity contribution in [3.05, 3.63) is 48.6 Å². The zero-order chi connectivity index (χ0) is 35.9. The topological polar surface area (TPSA) is 93.1 Å². The lowest BCUT2D eigenvalue weighted by molar-refractivity contribution is -0.161. The summed E-state index contributed by atoms with van der Waals surface area (Å²) >= 11 is 0. The molecule has 0 aliphatic carbocycles. The maximum absolute atomic E-state index is 12.1. The highest BCUT2D eigenvalue weighted by Gasteiger charge is 2.16. The largest absolute Gasteiger partial charge is 0.462 e. The van der Waals surface area contributed by atoms with Gasteiger partial charge in [0.05, 0.1) is 12.7 Å². The molecular formula is C43H76O6. The van der Waals surface area contributed by atoms with Gasteiger partial charge in [0.1, 0.15) is 6.61 Å². The van der Waals surface area contributed by atoms with Crippen molar-refractivity contribution in [2.45, 2.75) is 199 Å². The Morgan fingerprint density at radius 3 is 1.41 bits per heavy atom. The first-order valence-corrected chi connectivity index (χ1v) is 20.2. The second-order valence-corrected chi connectivity index (χ2v) is 13.6. The van der Waals surface area contributed by atoms with Crippen LogP contribution in [0.2, 0.25) is 0 Å². The Balaban J connectivity index is 3.64. The third kappa shape index (κ3) is 38.5. The SMILES string of the molecule is CCCCCCCCCCCCCCCCCCCC(=O)OC[C@H](CO)OC(=O)CCC/C=C\C/C=C\C/C=C\C/C=C\CCC[C@H](C)O. The van der Waals surface area contributed by atoms with E-state index in [1.165, 1.54) is 89.9 Å². The van der Waals surface area contributed by atoms with Crippen molar-refractivity contribution in [2.24, 2.45) is 0 Å². The van der Waals surface area contributed by atoms with E-state index in [0.717, 1.165) is 64.2 Å². The van der Waals surface area contributed by atoms with Crippen molar-refractivity contribution >= 4 is 11.9 Å². The quantitative estimate of drug-likeness (QED) is 0.0387.